The number of anilines is 1. The highest BCUT2D eigenvalue weighted by atomic mass is 19.1. The molecule has 6 heteroatoms. The molecule has 0 bridgehead atoms. The van der Waals surface area contributed by atoms with E-state index in [1.54, 1.807) is 6.92 Å². The molecule has 0 aliphatic rings. The third-order valence-electron chi connectivity index (χ3n) is 3.55. The number of fused-ring (bicyclic) bond motifs is 1. The Balaban J connectivity index is 2.01. The van der Waals surface area contributed by atoms with Gasteiger partial charge in [-0.25, -0.2) is 13.8 Å². The number of nitrogens with zero attached hydrogens (tertiary/aromatic N) is 2. The first-order valence-electron chi connectivity index (χ1n) is 7.35. The fourth-order valence-electron chi connectivity index (χ4n) is 2.43. The maximum absolute atomic E-state index is 14.0. The predicted molar refractivity (Wildman–Crippen MR) is 85.4 cm³/mol. The molecular formula is C17H17F2N3O. The Morgan fingerprint density at radius 1 is 1.22 bits per heavy atom. The Hall–Kier alpha value is -2.47. The average molecular weight is 317 g/mol. The number of aliphatic hydroxyl groups excluding tert-OH is 1. The fraction of sp³-hybridized carbons (Fsp3) is 0.235. The van der Waals surface area contributed by atoms with E-state index in [9.17, 15) is 13.9 Å². The molecule has 0 aliphatic heterocycles. The van der Waals surface area contributed by atoms with E-state index in [-0.39, 0.29) is 6.54 Å². The highest BCUT2D eigenvalue weighted by Crippen LogP contribution is 2.22. The maximum Gasteiger partial charge on any atom is 0.204 e. The van der Waals surface area contributed by atoms with Crippen LogP contribution in [0.3, 0.4) is 0 Å². The smallest absolute Gasteiger partial charge is 0.204 e. The van der Waals surface area contributed by atoms with Crippen LogP contribution in [-0.4, -0.2) is 27.3 Å². The third kappa shape index (κ3) is 3.32. The van der Waals surface area contributed by atoms with Gasteiger partial charge < -0.3 is 15.0 Å². The van der Waals surface area contributed by atoms with Gasteiger partial charge in [-0.1, -0.05) is 18.2 Å². The number of hydrogen-bond donors (Lipinski definition) is 2. The van der Waals surface area contributed by atoms with Gasteiger partial charge in [0.05, 0.1) is 23.7 Å². The lowest BCUT2D eigenvalue weighted by Gasteiger charge is -2.12. The third-order valence-corrected chi connectivity index (χ3v) is 3.55. The highest BCUT2D eigenvalue weighted by Gasteiger charge is 2.13. The number of para-hydroxylation sites is 2. The van der Waals surface area contributed by atoms with Crippen molar-refractivity contribution in [2.75, 3.05) is 11.9 Å². The number of hydrogen-bond acceptors (Lipinski definition) is 3. The van der Waals surface area contributed by atoms with Gasteiger partial charge in [0.25, 0.3) is 0 Å². The molecule has 0 saturated heterocycles. The SMILES string of the molecule is CC(O)CNc1nc2ccccc2n1Cc1ccc(F)cc1F. The van der Waals surface area contributed by atoms with Crippen molar-refractivity contribution in [2.45, 2.75) is 19.6 Å². The fourth-order valence-corrected chi connectivity index (χ4v) is 2.43. The van der Waals surface area contributed by atoms with Crippen molar-refractivity contribution < 1.29 is 13.9 Å². The van der Waals surface area contributed by atoms with Crippen molar-refractivity contribution in [1.29, 1.82) is 0 Å². The van der Waals surface area contributed by atoms with Crippen LogP contribution in [0.15, 0.2) is 42.5 Å². The number of aromatic nitrogens is 2. The molecule has 1 atom stereocenters. The zero-order valence-electron chi connectivity index (χ0n) is 12.6. The van der Waals surface area contributed by atoms with E-state index < -0.39 is 17.7 Å². The number of rotatable bonds is 5. The first-order chi connectivity index (χ1) is 11.0. The van der Waals surface area contributed by atoms with E-state index in [0.717, 1.165) is 17.1 Å². The predicted octanol–water partition coefficient (Wildman–Crippen LogP) is 3.16. The lowest BCUT2D eigenvalue weighted by atomic mass is 10.2. The van der Waals surface area contributed by atoms with E-state index in [4.69, 9.17) is 0 Å². The summed E-state index contributed by atoms with van der Waals surface area (Å²) in [6, 6.07) is 11.0. The summed E-state index contributed by atoms with van der Waals surface area (Å²) in [7, 11) is 0. The largest absolute Gasteiger partial charge is 0.392 e. The summed E-state index contributed by atoms with van der Waals surface area (Å²) >= 11 is 0. The molecule has 3 aromatic rings. The van der Waals surface area contributed by atoms with Gasteiger partial charge >= 0.3 is 0 Å². The van der Waals surface area contributed by atoms with Crippen molar-refractivity contribution in [3.05, 3.63) is 59.7 Å². The molecule has 4 nitrogen and oxygen atoms in total. The molecule has 0 radical (unpaired) electrons. The van der Waals surface area contributed by atoms with Gasteiger partial charge in [0.1, 0.15) is 11.6 Å². The summed E-state index contributed by atoms with van der Waals surface area (Å²) in [5.74, 6) is -0.658. The topological polar surface area (TPSA) is 50.1 Å². The summed E-state index contributed by atoms with van der Waals surface area (Å²) < 4.78 is 28.8. The van der Waals surface area contributed by atoms with Crippen LogP contribution >= 0.6 is 0 Å². The number of halogens is 2. The van der Waals surface area contributed by atoms with E-state index in [1.165, 1.54) is 12.1 Å². The summed E-state index contributed by atoms with van der Waals surface area (Å²) in [5.41, 5.74) is 1.97. The Kier molecular flexibility index (Phi) is 4.25. The van der Waals surface area contributed by atoms with Crippen LogP contribution in [0.2, 0.25) is 0 Å². The molecule has 23 heavy (non-hydrogen) atoms. The van der Waals surface area contributed by atoms with Crippen LogP contribution in [0.4, 0.5) is 14.7 Å². The number of benzene rings is 2. The summed E-state index contributed by atoms with van der Waals surface area (Å²) in [5, 5.41) is 12.5. The molecule has 0 amide bonds. The molecule has 0 aliphatic carbocycles. The standard InChI is InChI=1S/C17H17F2N3O/c1-11(23)9-20-17-21-15-4-2-3-5-16(15)22(17)10-12-6-7-13(18)8-14(12)19/h2-8,11,23H,9-10H2,1H3,(H,20,21). The molecule has 120 valence electrons. The second-order valence-electron chi connectivity index (χ2n) is 5.48. The minimum atomic E-state index is -0.603. The second kappa shape index (κ2) is 6.34. The lowest BCUT2D eigenvalue weighted by Crippen LogP contribution is -2.18. The van der Waals surface area contributed by atoms with Crippen molar-refractivity contribution >= 4 is 17.0 Å². The average Bonchev–Trinajstić information content (AvgIpc) is 2.86. The minimum absolute atomic E-state index is 0.217. The molecule has 1 unspecified atom stereocenters. The minimum Gasteiger partial charge on any atom is -0.392 e. The number of imidazole rings is 1. The van der Waals surface area contributed by atoms with Crippen molar-refractivity contribution in [3.63, 3.8) is 0 Å². The van der Waals surface area contributed by atoms with E-state index >= 15 is 0 Å². The molecule has 2 aromatic carbocycles. The molecule has 2 N–H and O–H groups in total. The Morgan fingerprint density at radius 2 is 2.00 bits per heavy atom. The zero-order chi connectivity index (χ0) is 16.4. The van der Waals surface area contributed by atoms with Crippen molar-refractivity contribution in [2.24, 2.45) is 0 Å². The summed E-state index contributed by atoms with van der Waals surface area (Å²) in [4.78, 5) is 4.47. The van der Waals surface area contributed by atoms with Crippen LogP contribution in [0.1, 0.15) is 12.5 Å². The van der Waals surface area contributed by atoms with E-state index in [1.807, 2.05) is 28.8 Å². The first-order valence-corrected chi connectivity index (χ1v) is 7.35. The van der Waals surface area contributed by atoms with Gasteiger partial charge in [0.15, 0.2) is 0 Å². The highest BCUT2D eigenvalue weighted by molar-refractivity contribution is 5.78. The molecule has 1 heterocycles. The maximum atomic E-state index is 14.0. The van der Waals surface area contributed by atoms with Gasteiger partial charge in [0.2, 0.25) is 5.95 Å². The summed E-state index contributed by atoms with van der Waals surface area (Å²) in [6.45, 7) is 2.21. The quantitative estimate of drug-likeness (QED) is 0.760. The molecular weight excluding hydrogens is 300 g/mol. The van der Waals surface area contributed by atoms with Gasteiger partial charge in [-0.05, 0) is 25.1 Å². The monoisotopic (exact) mass is 317 g/mol. The van der Waals surface area contributed by atoms with Crippen LogP contribution in [0, 0.1) is 11.6 Å². The zero-order valence-corrected chi connectivity index (χ0v) is 12.6. The number of nitrogens with one attached hydrogen (secondary N) is 1. The molecule has 1 aromatic heterocycles. The van der Waals surface area contributed by atoms with Crippen molar-refractivity contribution in [1.82, 2.24) is 9.55 Å². The van der Waals surface area contributed by atoms with Crippen molar-refractivity contribution in [3.8, 4) is 0 Å². The Labute approximate surface area is 132 Å². The number of aliphatic hydroxyl groups is 1. The van der Waals surface area contributed by atoms with Gasteiger partial charge in [0, 0.05) is 18.2 Å². The molecule has 0 spiro atoms. The van der Waals surface area contributed by atoms with Crippen LogP contribution in [0.5, 0.6) is 0 Å². The second-order valence-corrected chi connectivity index (χ2v) is 5.48. The molecule has 3 rings (SSSR count). The normalized spacial score (nSPS) is 12.5. The van der Waals surface area contributed by atoms with Crippen LogP contribution in [0.25, 0.3) is 11.0 Å². The first kappa shape index (κ1) is 15.4. The Bertz CT molecular complexity index is 830. The van der Waals surface area contributed by atoms with Gasteiger partial charge in [-0.2, -0.15) is 0 Å². The molecule has 0 fully saturated rings. The van der Waals surface area contributed by atoms with Gasteiger partial charge in [-0.15, -0.1) is 0 Å². The summed E-state index contributed by atoms with van der Waals surface area (Å²) in [6.07, 6.45) is -0.536. The van der Waals surface area contributed by atoms with E-state index in [0.29, 0.717) is 18.1 Å². The lowest BCUT2D eigenvalue weighted by molar-refractivity contribution is 0.208. The van der Waals surface area contributed by atoms with E-state index in [2.05, 4.69) is 10.3 Å². The van der Waals surface area contributed by atoms with Gasteiger partial charge in [-0.3, -0.25) is 0 Å². The molecule has 0 saturated carbocycles. The Morgan fingerprint density at radius 3 is 2.74 bits per heavy atom. The van der Waals surface area contributed by atoms with Crippen LogP contribution < -0.4 is 5.32 Å². The van der Waals surface area contributed by atoms with Crippen LogP contribution in [-0.2, 0) is 6.54 Å².